The molecule has 0 saturated carbocycles. The predicted molar refractivity (Wildman–Crippen MR) is 112 cm³/mol. The van der Waals surface area contributed by atoms with E-state index in [0.717, 1.165) is 42.3 Å². The van der Waals surface area contributed by atoms with Crippen molar-refractivity contribution in [2.75, 3.05) is 23.4 Å². The molecule has 0 spiro atoms. The first kappa shape index (κ1) is 20.5. The molecule has 3 rings (SSSR count). The van der Waals surface area contributed by atoms with Gasteiger partial charge in [-0.25, -0.2) is 0 Å². The molecule has 1 amide bonds. The van der Waals surface area contributed by atoms with E-state index in [1.165, 1.54) is 24.3 Å². The number of hydrogen-bond acceptors (Lipinski definition) is 4. The molecule has 1 aliphatic heterocycles. The van der Waals surface area contributed by atoms with Crippen molar-refractivity contribution < 1.29 is 14.5 Å². The van der Waals surface area contributed by atoms with E-state index < -0.39 is 4.92 Å². The number of rotatable bonds is 7. The summed E-state index contributed by atoms with van der Waals surface area (Å²) in [6.45, 7) is 1.29. The average molecular weight is 447 g/mol. The molecule has 28 heavy (non-hydrogen) atoms. The molecule has 148 valence electrons. The molecule has 1 aliphatic rings. The molecule has 1 unspecified atom stereocenters. The van der Waals surface area contributed by atoms with Crippen molar-refractivity contribution in [3.8, 4) is 0 Å². The maximum Gasteiger partial charge on any atom is 0.269 e. The highest BCUT2D eigenvalue weighted by atomic mass is 79.9. The minimum absolute atomic E-state index is 0.0234. The van der Waals surface area contributed by atoms with Gasteiger partial charge in [0.05, 0.1) is 11.0 Å². The lowest BCUT2D eigenvalue weighted by atomic mass is 10.0. The number of hydrogen-bond donors (Lipinski definition) is 0. The molecule has 6 nitrogen and oxygen atoms in total. The highest BCUT2D eigenvalue weighted by Gasteiger charge is 2.27. The first-order valence-electron chi connectivity index (χ1n) is 9.44. The molecule has 0 N–H and O–H groups in total. The number of nitro groups is 1. The van der Waals surface area contributed by atoms with Crippen molar-refractivity contribution in [1.29, 1.82) is 0 Å². The molecule has 0 fully saturated rings. The highest BCUT2D eigenvalue weighted by molar-refractivity contribution is 9.09. The van der Waals surface area contributed by atoms with Crippen LogP contribution in [-0.2, 0) is 4.74 Å². The normalized spacial score (nSPS) is 16.3. The Hall–Kier alpha value is -2.25. The van der Waals surface area contributed by atoms with Gasteiger partial charge in [-0.3, -0.25) is 14.9 Å². The average Bonchev–Trinajstić information content (AvgIpc) is 2.90. The number of nitrogens with zero attached hydrogens (tertiary/aromatic N) is 2. The smallest absolute Gasteiger partial charge is 0.269 e. The lowest BCUT2D eigenvalue weighted by Gasteiger charge is -2.24. The van der Waals surface area contributed by atoms with Gasteiger partial charge in [-0.05, 0) is 43.9 Å². The summed E-state index contributed by atoms with van der Waals surface area (Å²) in [6.07, 6.45) is 3.72. The Bertz CT molecular complexity index is 825. The number of anilines is 1. The van der Waals surface area contributed by atoms with Gasteiger partial charge < -0.3 is 9.64 Å². The van der Waals surface area contributed by atoms with Crippen LogP contribution in [0.4, 0.5) is 11.4 Å². The van der Waals surface area contributed by atoms with Crippen LogP contribution in [0.1, 0.15) is 47.7 Å². The number of non-ortho nitro benzene ring substituents is 1. The molecular formula is C21H23BrN2O4. The zero-order valence-electron chi connectivity index (χ0n) is 15.6. The molecule has 0 bridgehead atoms. The van der Waals surface area contributed by atoms with Gasteiger partial charge in [0.1, 0.15) is 0 Å². The molecule has 0 aliphatic carbocycles. The number of unbranched alkanes of at least 4 members (excludes halogenated alkanes) is 1. The zero-order valence-corrected chi connectivity index (χ0v) is 17.1. The van der Waals surface area contributed by atoms with Crippen LogP contribution < -0.4 is 4.90 Å². The first-order valence-corrected chi connectivity index (χ1v) is 10.6. The van der Waals surface area contributed by atoms with Crippen molar-refractivity contribution in [2.24, 2.45) is 0 Å². The second kappa shape index (κ2) is 9.80. The topological polar surface area (TPSA) is 72.7 Å². The van der Waals surface area contributed by atoms with Crippen LogP contribution in [0.3, 0.4) is 0 Å². The SMILES string of the molecule is O=C(c1ccc([N+](=O)[O-])cc1)N1CCCC(OCCCCBr)c2ccccc21. The van der Waals surface area contributed by atoms with Crippen LogP contribution in [0.5, 0.6) is 0 Å². The van der Waals surface area contributed by atoms with E-state index >= 15 is 0 Å². The van der Waals surface area contributed by atoms with Crippen LogP contribution in [0.15, 0.2) is 48.5 Å². The van der Waals surface area contributed by atoms with Crippen molar-refractivity contribution in [2.45, 2.75) is 31.8 Å². The fourth-order valence-corrected chi connectivity index (χ4v) is 3.80. The van der Waals surface area contributed by atoms with E-state index in [1.807, 2.05) is 24.3 Å². The zero-order chi connectivity index (χ0) is 19.9. The van der Waals surface area contributed by atoms with Crippen molar-refractivity contribution in [1.82, 2.24) is 0 Å². The molecule has 0 aromatic heterocycles. The number of halogens is 1. The number of alkyl halides is 1. The van der Waals surface area contributed by atoms with E-state index in [2.05, 4.69) is 15.9 Å². The van der Waals surface area contributed by atoms with Crippen LogP contribution in [0.25, 0.3) is 0 Å². The molecule has 1 atom stereocenters. The fraction of sp³-hybridized carbons (Fsp3) is 0.381. The number of para-hydroxylation sites is 1. The highest BCUT2D eigenvalue weighted by Crippen LogP contribution is 2.36. The Morgan fingerprint density at radius 1 is 1.18 bits per heavy atom. The maximum atomic E-state index is 13.1. The standard InChI is InChI=1S/C21H23BrN2O4/c22-13-3-4-15-28-20-8-5-14-23(19-7-2-1-6-18(19)20)21(25)16-9-11-17(12-10-16)24(26)27/h1-2,6-7,9-12,20H,3-5,8,13-15H2. The summed E-state index contributed by atoms with van der Waals surface area (Å²) in [5, 5.41) is 11.8. The Balaban J connectivity index is 1.82. The van der Waals surface area contributed by atoms with Gasteiger partial charge in [-0.1, -0.05) is 34.1 Å². The summed E-state index contributed by atoms with van der Waals surface area (Å²) in [6, 6.07) is 13.6. The summed E-state index contributed by atoms with van der Waals surface area (Å²) in [5.41, 5.74) is 2.30. The van der Waals surface area contributed by atoms with E-state index in [1.54, 1.807) is 4.90 Å². The van der Waals surface area contributed by atoms with Crippen LogP contribution >= 0.6 is 15.9 Å². The Morgan fingerprint density at radius 3 is 2.64 bits per heavy atom. The predicted octanol–water partition coefficient (Wildman–Crippen LogP) is 5.27. The van der Waals surface area contributed by atoms with Gasteiger partial charge >= 0.3 is 0 Å². The van der Waals surface area contributed by atoms with E-state index in [-0.39, 0.29) is 17.7 Å². The largest absolute Gasteiger partial charge is 0.373 e. The van der Waals surface area contributed by atoms with Crippen LogP contribution in [0.2, 0.25) is 0 Å². The van der Waals surface area contributed by atoms with Gasteiger partial charge in [0.15, 0.2) is 0 Å². The number of carbonyl (C=O) groups is 1. The van der Waals surface area contributed by atoms with E-state index in [9.17, 15) is 14.9 Å². The second-order valence-electron chi connectivity index (χ2n) is 6.72. The molecular weight excluding hydrogens is 424 g/mol. The number of nitro benzene ring substituents is 1. The third-order valence-corrected chi connectivity index (χ3v) is 5.40. The van der Waals surface area contributed by atoms with Crippen LogP contribution in [-0.4, -0.2) is 29.3 Å². The minimum Gasteiger partial charge on any atom is -0.373 e. The van der Waals surface area contributed by atoms with Crippen LogP contribution in [0, 0.1) is 10.1 Å². The van der Waals surface area contributed by atoms with Gasteiger partial charge in [0, 0.05) is 47.4 Å². The summed E-state index contributed by atoms with van der Waals surface area (Å²) in [7, 11) is 0. The molecule has 2 aromatic rings. The summed E-state index contributed by atoms with van der Waals surface area (Å²) in [4.78, 5) is 25.3. The van der Waals surface area contributed by atoms with Gasteiger partial charge in [0.25, 0.3) is 11.6 Å². The van der Waals surface area contributed by atoms with E-state index in [0.29, 0.717) is 18.7 Å². The Morgan fingerprint density at radius 2 is 1.93 bits per heavy atom. The molecule has 0 radical (unpaired) electrons. The van der Waals surface area contributed by atoms with Crippen molar-refractivity contribution >= 4 is 33.2 Å². The fourth-order valence-electron chi connectivity index (χ4n) is 3.40. The Kier molecular flexibility index (Phi) is 7.17. The maximum absolute atomic E-state index is 13.1. The lowest BCUT2D eigenvalue weighted by Crippen LogP contribution is -2.31. The summed E-state index contributed by atoms with van der Waals surface area (Å²) in [5.74, 6) is -0.151. The monoisotopic (exact) mass is 446 g/mol. The number of benzene rings is 2. The second-order valence-corrected chi connectivity index (χ2v) is 7.51. The summed E-state index contributed by atoms with van der Waals surface area (Å²) >= 11 is 3.44. The molecule has 1 heterocycles. The molecule has 7 heteroatoms. The third-order valence-electron chi connectivity index (χ3n) is 4.84. The minimum atomic E-state index is -0.465. The van der Waals surface area contributed by atoms with Gasteiger partial charge in [0.2, 0.25) is 0 Å². The summed E-state index contributed by atoms with van der Waals surface area (Å²) < 4.78 is 6.13. The molecule has 2 aromatic carbocycles. The lowest BCUT2D eigenvalue weighted by molar-refractivity contribution is -0.384. The van der Waals surface area contributed by atoms with Gasteiger partial charge in [-0.15, -0.1) is 0 Å². The van der Waals surface area contributed by atoms with Crippen molar-refractivity contribution in [3.63, 3.8) is 0 Å². The van der Waals surface area contributed by atoms with E-state index in [4.69, 9.17) is 4.74 Å². The molecule has 0 saturated heterocycles. The number of amides is 1. The number of ether oxygens (including phenoxy) is 1. The Labute approximate surface area is 172 Å². The van der Waals surface area contributed by atoms with Crippen molar-refractivity contribution in [3.05, 3.63) is 69.8 Å². The third kappa shape index (κ3) is 4.77. The first-order chi connectivity index (χ1) is 13.6. The van der Waals surface area contributed by atoms with Gasteiger partial charge in [-0.2, -0.15) is 0 Å². The quantitative estimate of drug-likeness (QED) is 0.251. The number of carbonyl (C=O) groups excluding carboxylic acids is 1. The number of fused-ring (bicyclic) bond motifs is 1.